The molecule has 1 aliphatic heterocycles. The van der Waals surface area contributed by atoms with Crippen molar-refractivity contribution >= 4 is 27.5 Å². The van der Waals surface area contributed by atoms with Crippen LogP contribution in [-0.2, 0) is 6.54 Å². The van der Waals surface area contributed by atoms with E-state index in [0.29, 0.717) is 18.7 Å². The molecule has 0 unspecified atom stereocenters. The number of rotatable bonds is 5. The van der Waals surface area contributed by atoms with Gasteiger partial charge in [-0.3, -0.25) is 14.9 Å². The van der Waals surface area contributed by atoms with Crippen molar-refractivity contribution in [2.24, 2.45) is 0 Å². The van der Waals surface area contributed by atoms with Crippen molar-refractivity contribution in [2.75, 3.05) is 33.3 Å². The highest BCUT2D eigenvalue weighted by atomic mass is 79.9. The second-order valence-electron chi connectivity index (χ2n) is 6.49. The average molecular weight is 435 g/mol. The van der Waals surface area contributed by atoms with E-state index >= 15 is 0 Å². The maximum Gasteiger partial charge on any atom is 0.269 e. The van der Waals surface area contributed by atoms with E-state index in [1.807, 2.05) is 11.0 Å². The summed E-state index contributed by atoms with van der Waals surface area (Å²) in [5, 5.41) is 10.7. The zero-order valence-corrected chi connectivity index (χ0v) is 16.6. The van der Waals surface area contributed by atoms with Gasteiger partial charge < -0.3 is 14.5 Å². The van der Waals surface area contributed by atoms with Gasteiger partial charge in [0.1, 0.15) is 12.3 Å². The Balaban J connectivity index is 1.56. The summed E-state index contributed by atoms with van der Waals surface area (Å²) in [7, 11) is 1.65. The number of ether oxygens (including phenoxy) is 1. The van der Waals surface area contributed by atoms with Gasteiger partial charge in [0.2, 0.25) is 0 Å². The number of piperazine rings is 1. The van der Waals surface area contributed by atoms with E-state index in [0.717, 1.165) is 29.9 Å². The fraction of sp³-hybridized carbons (Fsp3) is 0.316. The van der Waals surface area contributed by atoms with Crippen LogP contribution < -0.4 is 9.64 Å². The summed E-state index contributed by atoms with van der Waals surface area (Å²) in [6, 6.07) is 11.9. The lowest BCUT2D eigenvalue weighted by Gasteiger charge is -2.32. The van der Waals surface area contributed by atoms with Gasteiger partial charge in [0.05, 0.1) is 42.7 Å². The van der Waals surface area contributed by atoms with Gasteiger partial charge in [-0.05, 0) is 46.3 Å². The Labute approximate surface area is 165 Å². The van der Waals surface area contributed by atoms with Gasteiger partial charge in [0.15, 0.2) is 0 Å². The van der Waals surface area contributed by atoms with Crippen LogP contribution in [0.3, 0.4) is 0 Å². The van der Waals surface area contributed by atoms with E-state index in [4.69, 9.17) is 4.74 Å². The molecule has 2 aromatic rings. The molecular formula is C19H21BrN3O4+. The first-order valence-electron chi connectivity index (χ1n) is 8.67. The second kappa shape index (κ2) is 8.49. The average Bonchev–Trinajstić information content (AvgIpc) is 2.68. The number of nitro benzene ring substituents is 1. The highest BCUT2D eigenvalue weighted by Crippen LogP contribution is 2.25. The molecule has 0 radical (unpaired) electrons. The molecule has 1 heterocycles. The van der Waals surface area contributed by atoms with Crippen LogP contribution in [0, 0.1) is 10.1 Å². The summed E-state index contributed by atoms with van der Waals surface area (Å²) in [6.07, 6.45) is 0. The number of hydrogen-bond acceptors (Lipinski definition) is 4. The number of nitro groups is 1. The monoisotopic (exact) mass is 434 g/mol. The van der Waals surface area contributed by atoms with Gasteiger partial charge in [-0.15, -0.1) is 0 Å². The Hall–Kier alpha value is -2.45. The Morgan fingerprint density at radius 1 is 1.22 bits per heavy atom. The van der Waals surface area contributed by atoms with Crippen LogP contribution in [0.15, 0.2) is 46.9 Å². The molecular weight excluding hydrogens is 414 g/mol. The Morgan fingerprint density at radius 2 is 1.89 bits per heavy atom. The van der Waals surface area contributed by atoms with E-state index < -0.39 is 4.92 Å². The molecule has 2 aromatic carbocycles. The molecule has 3 rings (SSSR count). The van der Waals surface area contributed by atoms with E-state index in [1.165, 1.54) is 34.7 Å². The quantitative estimate of drug-likeness (QED) is 0.575. The third-order valence-electron chi connectivity index (χ3n) is 4.75. The highest BCUT2D eigenvalue weighted by molar-refractivity contribution is 9.10. The van der Waals surface area contributed by atoms with E-state index in [2.05, 4.69) is 28.1 Å². The fourth-order valence-electron chi connectivity index (χ4n) is 3.22. The van der Waals surface area contributed by atoms with Crippen molar-refractivity contribution in [3.05, 3.63) is 68.2 Å². The van der Waals surface area contributed by atoms with Crippen LogP contribution in [0.25, 0.3) is 0 Å². The molecule has 0 bridgehead atoms. The van der Waals surface area contributed by atoms with Crippen molar-refractivity contribution in [3.63, 3.8) is 0 Å². The molecule has 27 heavy (non-hydrogen) atoms. The smallest absolute Gasteiger partial charge is 0.269 e. The standard InChI is InChI=1S/C19H20BrN3O4/c1-27-18-7-2-14(12-17(18)20)13-21-8-10-22(11-9-21)19(24)15-3-5-16(6-4-15)23(25)26/h2-7,12H,8-11,13H2,1H3/p+1. The van der Waals surface area contributed by atoms with Crippen LogP contribution in [0.4, 0.5) is 5.69 Å². The predicted molar refractivity (Wildman–Crippen MR) is 104 cm³/mol. The summed E-state index contributed by atoms with van der Waals surface area (Å²) in [5.41, 5.74) is 1.70. The van der Waals surface area contributed by atoms with Crippen LogP contribution in [0.2, 0.25) is 0 Å². The molecule has 8 heteroatoms. The first kappa shape index (κ1) is 19.3. The molecule has 7 nitrogen and oxygen atoms in total. The Kier molecular flexibility index (Phi) is 6.08. The molecule has 0 saturated carbocycles. The number of amides is 1. The number of hydrogen-bond donors (Lipinski definition) is 1. The molecule has 0 aromatic heterocycles. The molecule has 0 aliphatic carbocycles. The molecule has 1 N–H and O–H groups in total. The van der Waals surface area contributed by atoms with Crippen molar-refractivity contribution in [1.29, 1.82) is 0 Å². The number of nitrogens with one attached hydrogen (secondary N) is 1. The molecule has 1 aliphatic rings. The zero-order chi connectivity index (χ0) is 19.4. The summed E-state index contributed by atoms with van der Waals surface area (Å²) >= 11 is 3.51. The fourth-order valence-corrected chi connectivity index (χ4v) is 3.81. The normalized spacial score (nSPS) is 14.8. The minimum absolute atomic E-state index is 0.00790. The van der Waals surface area contributed by atoms with Crippen LogP contribution in [0.5, 0.6) is 5.75 Å². The van der Waals surface area contributed by atoms with Crippen LogP contribution in [-0.4, -0.2) is 49.0 Å². The summed E-state index contributed by atoms with van der Waals surface area (Å²) < 4.78 is 6.20. The minimum Gasteiger partial charge on any atom is -0.496 e. The third-order valence-corrected chi connectivity index (χ3v) is 5.37. The van der Waals surface area contributed by atoms with Crippen molar-refractivity contribution in [3.8, 4) is 5.75 Å². The summed E-state index contributed by atoms with van der Waals surface area (Å²) in [4.78, 5) is 26.1. The number of benzene rings is 2. The van der Waals surface area contributed by atoms with Gasteiger partial charge in [0, 0.05) is 23.3 Å². The van der Waals surface area contributed by atoms with Gasteiger partial charge in [-0.2, -0.15) is 0 Å². The second-order valence-corrected chi connectivity index (χ2v) is 7.35. The number of methoxy groups -OCH3 is 1. The number of carbonyl (C=O) groups excluding carboxylic acids is 1. The Bertz CT molecular complexity index is 833. The maximum atomic E-state index is 12.6. The summed E-state index contributed by atoms with van der Waals surface area (Å²) in [5.74, 6) is 0.739. The maximum absolute atomic E-state index is 12.6. The SMILES string of the molecule is COc1ccc(C[NH+]2CCN(C(=O)c3ccc([N+](=O)[O-])cc3)CC2)cc1Br. The zero-order valence-electron chi connectivity index (χ0n) is 15.0. The van der Waals surface area contributed by atoms with Gasteiger partial charge in [0.25, 0.3) is 11.6 Å². The molecule has 142 valence electrons. The summed E-state index contributed by atoms with van der Waals surface area (Å²) in [6.45, 7) is 3.96. The molecule has 1 saturated heterocycles. The largest absolute Gasteiger partial charge is 0.496 e. The van der Waals surface area contributed by atoms with Crippen molar-refractivity contribution in [2.45, 2.75) is 6.54 Å². The first-order chi connectivity index (χ1) is 13.0. The minimum atomic E-state index is -0.464. The van der Waals surface area contributed by atoms with Crippen LogP contribution in [0.1, 0.15) is 15.9 Å². The number of carbonyl (C=O) groups is 1. The number of quaternary nitrogens is 1. The van der Waals surface area contributed by atoms with E-state index in [9.17, 15) is 14.9 Å². The molecule has 0 spiro atoms. The number of nitrogens with zero attached hydrogens (tertiary/aromatic N) is 2. The predicted octanol–water partition coefficient (Wildman–Crippen LogP) is 1.91. The van der Waals surface area contributed by atoms with Crippen molar-refractivity contribution < 1.29 is 19.4 Å². The molecule has 0 atom stereocenters. The lowest BCUT2D eigenvalue weighted by molar-refractivity contribution is -0.917. The topological polar surface area (TPSA) is 77.1 Å². The molecule has 1 amide bonds. The van der Waals surface area contributed by atoms with Gasteiger partial charge in [-0.1, -0.05) is 0 Å². The highest BCUT2D eigenvalue weighted by Gasteiger charge is 2.25. The lowest BCUT2D eigenvalue weighted by Crippen LogP contribution is -3.13. The third kappa shape index (κ3) is 4.64. The van der Waals surface area contributed by atoms with E-state index in [-0.39, 0.29) is 11.6 Å². The van der Waals surface area contributed by atoms with Crippen LogP contribution >= 0.6 is 15.9 Å². The lowest BCUT2D eigenvalue weighted by atomic mass is 10.1. The van der Waals surface area contributed by atoms with E-state index in [1.54, 1.807) is 7.11 Å². The first-order valence-corrected chi connectivity index (χ1v) is 9.47. The number of halogens is 1. The van der Waals surface area contributed by atoms with Gasteiger partial charge in [-0.25, -0.2) is 0 Å². The van der Waals surface area contributed by atoms with Gasteiger partial charge >= 0.3 is 0 Å². The van der Waals surface area contributed by atoms with Crippen molar-refractivity contribution in [1.82, 2.24) is 4.90 Å². The molecule has 1 fully saturated rings. The Morgan fingerprint density at radius 3 is 2.44 bits per heavy atom. The number of non-ortho nitro benzene ring substituents is 1.